The van der Waals surface area contributed by atoms with E-state index in [0.29, 0.717) is 6.42 Å². The van der Waals surface area contributed by atoms with Crippen LogP contribution in [0.3, 0.4) is 0 Å². The number of allylic oxidation sites excluding steroid dienone is 6. The lowest BCUT2D eigenvalue weighted by Crippen LogP contribution is -2.59. The smallest absolute Gasteiger partial charge is 0.306 e. The highest BCUT2D eigenvalue weighted by Gasteiger charge is 2.44. The quantitative estimate of drug-likeness (QED) is 0.0275. The maximum absolute atomic E-state index is 12.7. The summed E-state index contributed by atoms with van der Waals surface area (Å²) in [6.45, 7) is 3.35. The number of rotatable bonds is 36. The molecule has 0 spiro atoms. The molecule has 0 saturated carbocycles. The number of carbonyl (C=O) groups excluding carboxylic acids is 2. The predicted octanol–water partition coefficient (Wildman–Crippen LogP) is 9.11. The van der Waals surface area contributed by atoms with Gasteiger partial charge in [-0.3, -0.25) is 9.59 Å². The van der Waals surface area contributed by atoms with E-state index < -0.39 is 49.4 Å². The molecule has 1 saturated heterocycles. The number of hydrogen-bond acceptors (Lipinski definition) is 10. The fraction of sp³-hybridized carbons (Fsp3) is 0.822. The molecular weight excluding hydrogens is 700 g/mol. The highest BCUT2D eigenvalue weighted by Crippen LogP contribution is 2.22. The Balaban J connectivity index is 2.37. The van der Waals surface area contributed by atoms with E-state index in [1.54, 1.807) is 0 Å². The third kappa shape index (κ3) is 28.0. The molecule has 1 heterocycles. The maximum Gasteiger partial charge on any atom is 0.306 e. The van der Waals surface area contributed by atoms with Crippen molar-refractivity contribution in [1.29, 1.82) is 0 Å². The van der Waals surface area contributed by atoms with Gasteiger partial charge in [-0.05, 0) is 64.2 Å². The molecule has 2 unspecified atom stereocenters. The normalized spacial score (nSPS) is 20.9. The van der Waals surface area contributed by atoms with Crippen LogP contribution in [0.2, 0.25) is 0 Å². The van der Waals surface area contributed by atoms with Crippen LogP contribution in [0.25, 0.3) is 0 Å². The molecule has 55 heavy (non-hydrogen) atoms. The molecule has 0 aromatic rings. The molecule has 0 aliphatic carbocycles. The molecule has 320 valence electrons. The molecule has 6 atom stereocenters. The molecule has 0 aromatic carbocycles. The Labute approximate surface area is 334 Å². The average Bonchev–Trinajstić information content (AvgIpc) is 3.18. The van der Waals surface area contributed by atoms with Crippen molar-refractivity contribution in [2.24, 2.45) is 0 Å². The summed E-state index contributed by atoms with van der Waals surface area (Å²) in [5.74, 6) is -0.846. The van der Waals surface area contributed by atoms with Crippen LogP contribution in [0.4, 0.5) is 0 Å². The van der Waals surface area contributed by atoms with Crippen molar-refractivity contribution in [3.05, 3.63) is 36.5 Å². The third-order valence-electron chi connectivity index (χ3n) is 10.00. The second kappa shape index (κ2) is 36.3. The number of esters is 2. The van der Waals surface area contributed by atoms with Crippen molar-refractivity contribution >= 4 is 11.9 Å². The first-order valence-electron chi connectivity index (χ1n) is 22.1. The summed E-state index contributed by atoms with van der Waals surface area (Å²) in [6, 6.07) is 0. The van der Waals surface area contributed by atoms with E-state index in [2.05, 4.69) is 50.3 Å². The first-order valence-corrected chi connectivity index (χ1v) is 22.1. The minimum absolute atomic E-state index is 0.187. The van der Waals surface area contributed by atoms with Crippen LogP contribution < -0.4 is 0 Å². The highest BCUT2D eigenvalue weighted by atomic mass is 16.7. The van der Waals surface area contributed by atoms with Crippen molar-refractivity contribution < 1.29 is 49.0 Å². The summed E-state index contributed by atoms with van der Waals surface area (Å²) in [7, 11) is 0. The van der Waals surface area contributed by atoms with Crippen molar-refractivity contribution in [2.45, 2.75) is 218 Å². The van der Waals surface area contributed by atoms with Gasteiger partial charge >= 0.3 is 11.9 Å². The van der Waals surface area contributed by atoms with E-state index in [1.165, 1.54) is 96.3 Å². The molecule has 10 heteroatoms. The van der Waals surface area contributed by atoms with Gasteiger partial charge in [0.05, 0.1) is 13.2 Å². The fourth-order valence-corrected chi connectivity index (χ4v) is 6.43. The summed E-state index contributed by atoms with van der Waals surface area (Å²) in [4.78, 5) is 25.3. The largest absolute Gasteiger partial charge is 0.462 e. The summed E-state index contributed by atoms with van der Waals surface area (Å²) in [5, 5.41) is 40.0. The number of aliphatic hydroxyl groups is 4. The standard InChI is InChI=1S/C45H80O10/c1-3-5-7-9-11-13-15-17-19-21-23-25-27-29-31-33-40(47)52-36-38(37-53-45-44(51)43(50)42(49)39(35-46)55-45)54-41(48)34-32-30-28-26-24-22-20-18-16-14-12-10-8-6-4-2/h9,11,18,20,24,26,38-39,42-46,49-51H,3-8,10,12-17,19,21-23,25,27-37H2,1-2H3/b11-9+,20-18+,26-24+/t38-,39-,42+,43?,44?,45-/m0/s1. The van der Waals surface area contributed by atoms with Gasteiger partial charge in [0.1, 0.15) is 31.0 Å². The topological polar surface area (TPSA) is 152 Å². The second-order valence-electron chi connectivity index (χ2n) is 15.1. The maximum atomic E-state index is 12.7. The molecule has 0 amide bonds. The van der Waals surface area contributed by atoms with Crippen molar-refractivity contribution in [3.8, 4) is 0 Å². The fourth-order valence-electron chi connectivity index (χ4n) is 6.43. The zero-order chi connectivity index (χ0) is 40.2. The third-order valence-corrected chi connectivity index (χ3v) is 10.00. The predicted molar refractivity (Wildman–Crippen MR) is 219 cm³/mol. The SMILES string of the molecule is CCCC/C=C/CCCCCCCCCCCC(=O)OC[C@@H](CO[C@H]1O[C@@H](CO)[C@@H](O)C(O)C1O)OC(=O)CCCC/C=C/C/C=C/CCCCCCCC. The van der Waals surface area contributed by atoms with Crippen LogP contribution in [0.15, 0.2) is 36.5 Å². The summed E-state index contributed by atoms with van der Waals surface area (Å²) in [5.41, 5.74) is 0. The Morgan fingerprint density at radius 3 is 1.62 bits per heavy atom. The first-order chi connectivity index (χ1) is 26.8. The van der Waals surface area contributed by atoms with Crippen LogP contribution in [-0.4, -0.2) is 89.0 Å². The van der Waals surface area contributed by atoms with E-state index in [4.69, 9.17) is 18.9 Å². The van der Waals surface area contributed by atoms with Crippen molar-refractivity contribution in [1.82, 2.24) is 0 Å². The zero-order valence-corrected chi connectivity index (χ0v) is 34.7. The van der Waals surface area contributed by atoms with Gasteiger partial charge in [0.15, 0.2) is 12.4 Å². The number of carbonyl (C=O) groups is 2. The average molecular weight is 781 g/mol. The van der Waals surface area contributed by atoms with Crippen LogP contribution in [-0.2, 0) is 28.5 Å². The highest BCUT2D eigenvalue weighted by molar-refractivity contribution is 5.70. The number of ether oxygens (including phenoxy) is 4. The summed E-state index contributed by atoms with van der Waals surface area (Å²) >= 11 is 0. The van der Waals surface area contributed by atoms with E-state index in [9.17, 15) is 30.0 Å². The first kappa shape index (κ1) is 50.9. The second-order valence-corrected chi connectivity index (χ2v) is 15.1. The molecule has 4 N–H and O–H groups in total. The number of aliphatic hydroxyl groups excluding tert-OH is 4. The monoisotopic (exact) mass is 781 g/mol. The van der Waals surface area contributed by atoms with Gasteiger partial charge in [0, 0.05) is 12.8 Å². The Bertz CT molecular complexity index is 996. The Morgan fingerprint density at radius 2 is 1.04 bits per heavy atom. The molecule has 10 nitrogen and oxygen atoms in total. The summed E-state index contributed by atoms with van der Waals surface area (Å²) in [6.07, 6.45) is 32.9. The minimum atomic E-state index is -1.60. The molecule has 1 aliphatic heterocycles. The molecular formula is C45H80O10. The minimum Gasteiger partial charge on any atom is -0.462 e. The lowest BCUT2D eigenvalue weighted by Gasteiger charge is -2.39. The Kier molecular flexibility index (Phi) is 33.6. The lowest BCUT2D eigenvalue weighted by molar-refractivity contribution is -0.305. The molecule has 1 fully saturated rings. The zero-order valence-electron chi connectivity index (χ0n) is 34.7. The van der Waals surface area contributed by atoms with Crippen LogP contribution in [0.5, 0.6) is 0 Å². The summed E-state index contributed by atoms with van der Waals surface area (Å²) < 4.78 is 22.1. The van der Waals surface area contributed by atoms with E-state index in [0.717, 1.165) is 51.4 Å². The number of unbranched alkanes of at least 4 members (excludes halogenated alkanes) is 19. The van der Waals surface area contributed by atoms with Gasteiger partial charge in [-0.2, -0.15) is 0 Å². The molecule has 0 bridgehead atoms. The van der Waals surface area contributed by atoms with E-state index in [1.807, 2.05) is 0 Å². The van der Waals surface area contributed by atoms with E-state index >= 15 is 0 Å². The molecule has 0 aromatic heterocycles. The Morgan fingerprint density at radius 1 is 0.564 bits per heavy atom. The van der Waals surface area contributed by atoms with Crippen molar-refractivity contribution in [3.63, 3.8) is 0 Å². The van der Waals surface area contributed by atoms with E-state index in [-0.39, 0.29) is 32.0 Å². The van der Waals surface area contributed by atoms with Gasteiger partial charge in [0.25, 0.3) is 0 Å². The van der Waals surface area contributed by atoms with Crippen molar-refractivity contribution in [2.75, 3.05) is 19.8 Å². The van der Waals surface area contributed by atoms with Gasteiger partial charge in [-0.1, -0.05) is 140 Å². The number of hydrogen-bond donors (Lipinski definition) is 4. The van der Waals surface area contributed by atoms with Crippen LogP contribution in [0, 0.1) is 0 Å². The molecule has 1 rings (SSSR count). The molecule has 1 aliphatic rings. The lowest BCUT2D eigenvalue weighted by atomic mass is 9.99. The van der Waals surface area contributed by atoms with Crippen LogP contribution in [0.1, 0.15) is 181 Å². The van der Waals surface area contributed by atoms with Gasteiger partial charge < -0.3 is 39.4 Å². The van der Waals surface area contributed by atoms with Gasteiger partial charge in [-0.15, -0.1) is 0 Å². The Hall–Kier alpha value is -2.08. The van der Waals surface area contributed by atoms with Crippen LogP contribution >= 0.6 is 0 Å². The molecule has 0 radical (unpaired) electrons. The van der Waals surface area contributed by atoms with Gasteiger partial charge in [0.2, 0.25) is 0 Å². The van der Waals surface area contributed by atoms with Gasteiger partial charge in [-0.25, -0.2) is 0 Å².